The van der Waals surface area contributed by atoms with Crippen LogP contribution in [0, 0.1) is 5.92 Å². The van der Waals surface area contributed by atoms with Crippen LogP contribution in [0.1, 0.15) is 39.4 Å². The Kier molecular flexibility index (Phi) is 5.11. The molecule has 1 aliphatic rings. The maximum atomic E-state index is 12.1. The van der Waals surface area contributed by atoms with E-state index in [0.717, 1.165) is 32.5 Å². The van der Waals surface area contributed by atoms with Gasteiger partial charge in [-0.2, -0.15) is 5.21 Å². The molecule has 0 spiro atoms. The van der Waals surface area contributed by atoms with Gasteiger partial charge in [-0.1, -0.05) is 5.21 Å². The number of likely N-dealkylation sites (tertiary alicyclic amines) is 1. The fraction of sp³-hybridized carbons (Fsp3) is 0.846. The number of amides is 1. The van der Waals surface area contributed by atoms with Crippen molar-refractivity contribution in [2.45, 2.75) is 45.8 Å². The van der Waals surface area contributed by atoms with E-state index in [2.05, 4.69) is 25.9 Å². The molecule has 2 rings (SSSR count). The molecule has 118 valence electrons. The van der Waals surface area contributed by atoms with Crippen molar-refractivity contribution in [2.24, 2.45) is 5.92 Å². The van der Waals surface area contributed by atoms with Crippen LogP contribution in [-0.4, -0.2) is 56.9 Å². The highest BCUT2D eigenvalue weighted by atomic mass is 16.6. The van der Waals surface area contributed by atoms with Crippen LogP contribution in [-0.2, 0) is 11.3 Å². The lowest BCUT2D eigenvalue weighted by Gasteiger charge is -2.34. The van der Waals surface area contributed by atoms with Crippen molar-refractivity contribution in [3.8, 4) is 0 Å². The first-order valence-corrected chi connectivity index (χ1v) is 7.35. The van der Waals surface area contributed by atoms with E-state index in [4.69, 9.17) is 4.74 Å². The summed E-state index contributed by atoms with van der Waals surface area (Å²) in [5.41, 5.74) is -0.444. The molecule has 0 radical (unpaired) electrons. The number of aromatic nitrogens is 4. The topological polar surface area (TPSA) is 96.0 Å². The summed E-state index contributed by atoms with van der Waals surface area (Å²) in [7, 11) is 0. The van der Waals surface area contributed by atoms with Gasteiger partial charge in [0, 0.05) is 19.6 Å². The van der Waals surface area contributed by atoms with Crippen molar-refractivity contribution in [3.05, 3.63) is 5.82 Å². The van der Waals surface area contributed by atoms with Crippen LogP contribution in [0.3, 0.4) is 0 Å². The van der Waals surface area contributed by atoms with E-state index in [1.807, 2.05) is 20.8 Å². The highest BCUT2D eigenvalue weighted by Gasteiger charge is 2.27. The van der Waals surface area contributed by atoms with Gasteiger partial charge in [-0.05, 0) is 39.5 Å². The summed E-state index contributed by atoms with van der Waals surface area (Å²) >= 11 is 0. The fourth-order valence-electron chi connectivity index (χ4n) is 2.37. The summed E-state index contributed by atoms with van der Waals surface area (Å²) in [5.74, 6) is 1.08. The number of piperidine rings is 1. The van der Waals surface area contributed by atoms with Crippen molar-refractivity contribution >= 4 is 6.09 Å². The highest BCUT2D eigenvalue weighted by Crippen LogP contribution is 2.18. The number of tetrazole rings is 1. The molecule has 1 aromatic heterocycles. The van der Waals surface area contributed by atoms with E-state index < -0.39 is 5.60 Å². The van der Waals surface area contributed by atoms with Crippen LogP contribution >= 0.6 is 0 Å². The van der Waals surface area contributed by atoms with E-state index in [1.165, 1.54) is 0 Å². The van der Waals surface area contributed by atoms with Gasteiger partial charge in [0.2, 0.25) is 0 Å². The van der Waals surface area contributed by atoms with Gasteiger partial charge in [0.1, 0.15) is 5.60 Å². The number of H-pyrrole nitrogens is 1. The van der Waals surface area contributed by atoms with Gasteiger partial charge < -0.3 is 15.0 Å². The molecule has 1 fully saturated rings. The predicted octanol–water partition coefficient (Wildman–Crippen LogP) is 0.936. The molecular weight excluding hydrogens is 272 g/mol. The largest absolute Gasteiger partial charge is 0.444 e. The Morgan fingerprint density at radius 2 is 2.33 bits per heavy atom. The SMILES string of the molecule is CC(C)(C)OC(=O)N1CCCC(CNCc2nn[nH]n2)C1. The second-order valence-electron chi connectivity index (χ2n) is 6.39. The molecule has 8 nitrogen and oxygen atoms in total. The zero-order valence-electron chi connectivity index (χ0n) is 12.9. The molecule has 0 aromatic carbocycles. The Morgan fingerprint density at radius 3 is 3.00 bits per heavy atom. The number of ether oxygens (including phenoxy) is 1. The van der Waals surface area contributed by atoms with E-state index in [-0.39, 0.29) is 6.09 Å². The van der Waals surface area contributed by atoms with Gasteiger partial charge in [0.15, 0.2) is 5.82 Å². The molecule has 1 unspecified atom stereocenters. The summed E-state index contributed by atoms with van der Waals surface area (Å²) in [6.45, 7) is 8.58. The minimum Gasteiger partial charge on any atom is -0.444 e. The van der Waals surface area contributed by atoms with E-state index in [9.17, 15) is 4.79 Å². The number of hydrogen-bond acceptors (Lipinski definition) is 6. The van der Waals surface area contributed by atoms with E-state index in [1.54, 1.807) is 4.90 Å². The second-order valence-corrected chi connectivity index (χ2v) is 6.39. The summed E-state index contributed by atoms with van der Waals surface area (Å²) < 4.78 is 5.42. The van der Waals surface area contributed by atoms with Crippen molar-refractivity contribution in [1.82, 2.24) is 30.8 Å². The number of carbonyl (C=O) groups excluding carboxylic acids is 1. The van der Waals surface area contributed by atoms with E-state index >= 15 is 0 Å². The Balaban J connectivity index is 1.74. The Labute approximate surface area is 124 Å². The first-order valence-electron chi connectivity index (χ1n) is 7.35. The first kappa shape index (κ1) is 15.7. The molecule has 2 N–H and O–H groups in total. The van der Waals surface area contributed by atoms with Crippen LogP contribution in [0.15, 0.2) is 0 Å². The summed E-state index contributed by atoms with van der Waals surface area (Å²) in [6.07, 6.45) is 1.90. The van der Waals surface area contributed by atoms with Crippen molar-refractivity contribution < 1.29 is 9.53 Å². The van der Waals surface area contributed by atoms with Crippen LogP contribution in [0.5, 0.6) is 0 Å². The van der Waals surface area contributed by atoms with Crippen LogP contribution in [0.25, 0.3) is 0 Å². The third-order valence-corrected chi connectivity index (χ3v) is 3.28. The molecule has 1 saturated heterocycles. The Hall–Kier alpha value is -1.70. The molecule has 0 saturated carbocycles. The number of hydrogen-bond donors (Lipinski definition) is 2. The number of nitrogens with one attached hydrogen (secondary N) is 2. The van der Waals surface area contributed by atoms with Gasteiger partial charge in [0.25, 0.3) is 0 Å². The molecule has 1 amide bonds. The third-order valence-electron chi connectivity index (χ3n) is 3.28. The molecule has 8 heteroatoms. The van der Waals surface area contributed by atoms with Crippen molar-refractivity contribution in [2.75, 3.05) is 19.6 Å². The number of rotatable bonds is 4. The molecule has 1 aromatic rings. The number of aromatic amines is 1. The molecule has 1 aliphatic heterocycles. The highest BCUT2D eigenvalue weighted by molar-refractivity contribution is 5.68. The minimum atomic E-state index is -0.444. The van der Waals surface area contributed by atoms with E-state index in [0.29, 0.717) is 18.3 Å². The average molecular weight is 296 g/mol. The molecule has 0 bridgehead atoms. The maximum Gasteiger partial charge on any atom is 0.410 e. The average Bonchev–Trinajstić information content (AvgIpc) is 2.90. The molecule has 1 atom stereocenters. The van der Waals surface area contributed by atoms with Crippen LogP contribution in [0.4, 0.5) is 4.79 Å². The predicted molar refractivity (Wildman–Crippen MR) is 76.4 cm³/mol. The zero-order chi connectivity index (χ0) is 15.3. The van der Waals surface area contributed by atoms with Gasteiger partial charge in [-0.15, -0.1) is 10.2 Å². The lowest BCUT2D eigenvalue weighted by atomic mass is 9.98. The quantitative estimate of drug-likeness (QED) is 0.858. The van der Waals surface area contributed by atoms with Crippen molar-refractivity contribution in [1.29, 1.82) is 0 Å². The fourth-order valence-corrected chi connectivity index (χ4v) is 2.37. The van der Waals surface area contributed by atoms with Crippen molar-refractivity contribution in [3.63, 3.8) is 0 Å². The second kappa shape index (κ2) is 6.84. The van der Waals surface area contributed by atoms with Crippen LogP contribution in [0.2, 0.25) is 0 Å². The molecule has 0 aliphatic carbocycles. The normalized spacial score (nSPS) is 19.6. The third kappa shape index (κ3) is 5.30. The van der Waals surface area contributed by atoms with Crippen LogP contribution < -0.4 is 5.32 Å². The van der Waals surface area contributed by atoms with Gasteiger partial charge in [0.05, 0.1) is 6.54 Å². The maximum absolute atomic E-state index is 12.1. The summed E-state index contributed by atoms with van der Waals surface area (Å²) in [4.78, 5) is 13.9. The number of nitrogens with zero attached hydrogens (tertiary/aromatic N) is 4. The smallest absolute Gasteiger partial charge is 0.410 e. The van der Waals surface area contributed by atoms with Gasteiger partial charge in [-0.3, -0.25) is 0 Å². The molecule has 2 heterocycles. The Morgan fingerprint density at radius 1 is 1.52 bits per heavy atom. The summed E-state index contributed by atoms with van der Waals surface area (Å²) in [5, 5.41) is 17.0. The molecular formula is C13H24N6O2. The number of carbonyl (C=O) groups is 1. The van der Waals surface area contributed by atoms with Gasteiger partial charge in [-0.25, -0.2) is 4.79 Å². The summed E-state index contributed by atoms with van der Waals surface area (Å²) in [6, 6.07) is 0. The first-order chi connectivity index (χ1) is 9.94. The Bertz CT molecular complexity index is 442. The standard InChI is InChI=1S/C13H24N6O2/c1-13(2,3)21-12(20)19-6-4-5-10(9-19)7-14-8-11-15-17-18-16-11/h10,14H,4-9H2,1-3H3,(H,15,16,17,18). The molecule has 21 heavy (non-hydrogen) atoms. The monoisotopic (exact) mass is 296 g/mol. The lowest BCUT2D eigenvalue weighted by molar-refractivity contribution is 0.0166. The minimum absolute atomic E-state index is 0.217. The van der Waals surface area contributed by atoms with Gasteiger partial charge >= 0.3 is 6.09 Å². The lowest BCUT2D eigenvalue weighted by Crippen LogP contribution is -2.45. The zero-order valence-corrected chi connectivity index (χ0v) is 12.9.